The molecule has 0 aliphatic rings. The van der Waals surface area contributed by atoms with E-state index >= 15 is 0 Å². The van der Waals surface area contributed by atoms with Crippen LogP contribution in [-0.4, -0.2) is 17.4 Å². The van der Waals surface area contributed by atoms with E-state index in [1.165, 1.54) is 5.56 Å². The normalized spacial score (nSPS) is 10.0. The lowest BCUT2D eigenvalue weighted by atomic mass is 10.1. The van der Waals surface area contributed by atoms with E-state index in [1.807, 2.05) is 24.3 Å². The van der Waals surface area contributed by atoms with Gasteiger partial charge in [0, 0.05) is 24.6 Å². The number of primary amides is 1. The van der Waals surface area contributed by atoms with Gasteiger partial charge in [-0.05, 0) is 36.2 Å². The molecule has 0 radical (unpaired) electrons. The van der Waals surface area contributed by atoms with Crippen LogP contribution < -0.4 is 11.1 Å². The van der Waals surface area contributed by atoms with Crippen molar-refractivity contribution in [2.24, 2.45) is 5.73 Å². The van der Waals surface area contributed by atoms with Crippen LogP contribution >= 0.6 is 0 Å². The summed E-state index contributed by atoms with van der Waals surface area (Å²) in [7, 11) is 0. The second-order valence-corrected chi connectivity index (χ2v) is 3.94. The van der Waals surface area contributed by atoms with Crippen LogP contribution in [0.1, 0.15) is 15.9 Å². The molecular formula is C14H15N3O. The molecule has 1 aromatic heterocycles. The van der Waals surface area contributed by atoms with E-state index in [1.54, 1.807) is 24.5 Å². The number of nitrogens with zero attached hydrogens (tertiary/aromatic N) is 1. The van der Waals surface area contributed by atoms with Crippen molar-refractivity contribution >= 4 is 11.6 Å². The predicted octanol–water partition coefficient (Wildman–Crippen LogP) is 1.84. The van der Waals surface area contributed by atoms with Gasteiger partial charge in [-0.15, -0.1) is 0 Å². The molecule has 3 N–H and O–H groups in total. The van der Waals surface area contributed by atoms with E-state index in [0.717, 1.165) is 18.7 Å². The number of carbonyl (C=O) groups is 1. The smallest absolute Gasteiger partial charge is 0.250 e. The van der Waals surface area contributed by atoms with Crippen molar-refractivity contribution in [1.82, 2.24) is 4.98 Å². The molecule has 0 saturated heterocycles. The Balaban J connectivity index is 1.97. The number of amides is 1. The fourth-order valence-electron chi connectivity index (χ4n) is 1.74. The Morgan fingerprint density at radius 3 is 2.61 bits per heavy atom. The Labute approximate surface area is 106 Å². The number of nitrogens with two attached hydrogens (primary N) is 1. The molecule has 0 aliphatic carbocycles. The maximum atomic E-state index is 11.2. The maximum absolute atomic E-state index is 11.2. The Morgan fingerprint density at radius 1 is 1.17 bits per heavy atom. The lowest BCUT2D eigenvalue weighted by Crippen LogP contribution is -2.15. The van der Waals surface area contributed by atoms with Crippen LogP contribution in [-0.2, 0) is 6.42 Å². The van der Waals surface area contributed by atoms with Gasteiger partial charge in [0.05, 0.1) is 5.56 Å². The molecule has 1 heterocycles. The number of rotatable bonds is 5. The summed E-state index contributed by atoms with van der Waals surface area (Å²) in [6, 6.07) is 11.2. The van der Waals surface area contributed by atoms with Gasteiger partial charge in [0.1, 0.15) is 0 Å². The number of hydrogen-bond donors (Lipinski definition) is 2. The molecule has 18 heavy (non-hydrogen) atoms. The summed E-state index contributed by atoms with van der Waals surface area (Å²) in [5, 5.41) is 3.22. The van der Waals surface area contributed by atoms with Gasteiger partial charge in [-0.25, -0.2) is 0 Å². The quantitative estimate of drug-likeness (QED) is 0.839. The molecule has 0 saturated carbocycles. The molecule has 0 bridgehead atoms. The highest BCUT2D eigenvalue weighted by atomic mass is 16.1. The molecule has 0 aliphatic heterocycles. The Kier molecular flexibility index (Phi) is 3.91. The number of anilines is 1. The predicted molar refractivity (Wildman–Crippen MR) is 71.4 cm³/mol. The lowest BCUT2D eigenvalue weighted by Gasteiger charge is -2.09. The first-order chi connectivity index (χ1) is 8.77. The Hall–Kier alpha value is -2.36. The fraction of sp³-hybridized carbons (Fsp3) is 0.143. The molecule has 0 atom stereocenters. The van der Waals surface area contributed by atoms with Crippen LogP contribution in [0.15, 0.2) is 48.8 Å². The van der Waals surface area contributed by atoms with Crippen LogP contribution in [0, 0.1) is 0 Å². The molecule has 92 valence electrons. The third kappa shape index (κ3) is 3.07. The number of aromatic nitrogens is 1. The topological polar surface area (TPSA) is 68.0 Å². The summed E-state index contributed by atoms with van der Waals surface area (Å²) in [6.07, 6.45) is 4.41. The van der Waals surface area contributed by atoms with Crippen LogP contribution in [0.2, 0.25) is 0 Å². The minimum atomic E-state index is -0.415. The molecule has 4 nitrogen and oxygen atoms in total. The van der Waals surface area contributed by atoms with Crippen molar-refractivity contribution in [3.8, 4) is 0 Å². The first-order valence-electron chi connectivity index (χ1n) is 5.79. The summed E-state index contributed by atoms with van der Waals surface area (Å²) in [5.41, 5.74) is 7.81. The minimum absolute atomic E-state index is 0.415. The van der Waals surface area contributed by atoms with E-state index < -0.39 is 5.91 Å². The van der Waals surface area contributed by atoms with Crippen molar-refractivity contribution in [2.75, 3.05) is 11.9 Å². The van der Waals surface area contributed by atoms with E-state index in [2.05, 4.69) is 10.3 Å². The van der Waals surface area contributed by atoms with Crippen LogP contribution in [0.3, 0.4) is 0 Å². The maximum Gasteiger partial charge on any atom is 0.250 e. The van der Waals surface area contributed by atoms with Crippen molar-refractivity contribution < 1.29 is 4.79 Å². The monoisotopic (exact) mass is 241 g/mol. The SMILES string of the molecule is NC(=O)c1ccccc1NCCc1ccncc1. The van der Waals surface area contributed by atoms with Gasteiger partial charge < -0.3 is 11.1 Å². The molecule has 2 aromatic rings. The van der Waals surface area contributed by atoms with Gasteiger partial charge in [0.15, 0.2) is 0 Å². The fourth-order valence-corrected chi connectivity index (χ4v) is 1.74. The van der Waals surface area contributed by atoms with Crippen molar-refractivity contribution in [3.63, 3.8) is 0 Å². The van der Waals surface area contributed by atoms with E-state index in [9.17, 15) is 4.79 Å². The number of para-hydroxylation sites is 1. The lowest BCUT2D eigenvalue weighted by molar-refractivity contribution is 0.100. The molecular weight excluding hydrogens is 226 g/mol. The zero-order valence-electron chi connectivity index (χ0n) is 9.97. The highest BCUT2D eigenvalue weighted by Crippen LogP contribution is 2.14. The van der Waals surface area contributed by atoms with E-state index in [0.29, 0.717) is 5.56 Å². The summed E-state index contributed by atoms with van der Waals surface area (Å²) in [4.78, 5) is 15.2. The number of nitrogens with one attached hydrogen (secondary N) is 1. The average molecular weight is 241 g/mol. The molecule has 4 heteroatoms. The van der Waals surface area contributed by atoms with Crippen molar-refractivity contribution in [2.45, 2.75) is 6.42 Å². The molecule has 0 unspecified atom stereocenters. The number of carbonyl (C=O) groups excluding carboxylic acids is 1. The van der Waals surface area contributed by atoms with Gasteiger partial charge in [0.25, 0.3) is 5.91 Å². The third-order valence-corrected chi connectivity index (χ3v) is 2.67. The van der Waals surface area contributed by atoms with Gasteiger partial charge in [-0.3, -0.25) is 9.78 Å². The Morgan fingerprint density at radius 2 is 1.89 bits per heavy atom. The summed E-state index contributed by atoms with van der Waals surface area (Å²) in [6.45, 7) is 0.744. The highest BCUT2D eigenvalue weighted by Gasteiger charge is 2.05. The summed E-state index contributed by atoms with van der Waals surface area (Å²) in [5.74, 6) is -0.415. The minimum Gasteiger partial charge on any atom is -0.384 e. The van der Waals surface area contributed by atoms with Crippen molar-refractivity contribution in [3.05, 3.63) is 59.9 Å². The van der Waals surface area contributed by atoms with E-state index in [-0.39, 0.29) is 0 Å². The average Bonchev–Trinajstić information content (AvgIpc) is 2.40. The van der Waals surface area contributed by atoms with Gasteiger partial charge >= 0.3 is 0 Å². The first kappa shape index (κ1) is 12.1. The van der Waals surface area contributed by atoms with Crippen LogP contribution in [0.25, 0.3) is 0 Å². The van der Waals surface area contributed by atoms with Crippen molar-refractivity contribution in [1.29, 1.82) is 0 Å². The van der Waals surface area contributed by atoms with Gasteiger partial charge in [-0.1, -0.05) is 12.1 Å². The standard InChI is InChI=1S/C14H15N3O/c15-14(18)12-3-1-2-4-13(12)17-10-7-11-5-8-16-9-6-11/h1-6,8-9,17H,7,10H2,(H2,15,18). The molecule has 1 aromatic carbocycles. The van der Waals surface area contributed by atoms with Crippen LogP contribution in [0.5, 0.6) is 0 Å². The number of pyridine rings is 1. The second kappa shape index (κ2) is 5.82. The van der Waals surface area contributed by atoms with Crippen LogP contribution in [0.4, 0.5) is 5.69 Å². The Bertz CT molecular complexity index is 526. The van der Waals surface area contributed by atoms with Gasteiger partial charge in [0.2, 0.25) is 0 Å². The molecule has 0 fully saturated rings. The second-order valence-electron chi connectivity index (χ2n) is 3.94. The largest absolute Gasteiger partial charge is 0.384 e. The molecule has 0 spiro atoms. The summed E-state index contributed by atoms with van der Waals surface area (Å²) < 4.78 is 0. The highest BCUT2D eigenvalue weighted by molar-refractivity contribution is 5.98. The van der Waals surface area contributed by atoms with E-state index in [4.69, 9.17) is 5.73 Å². The molecule has 2 rings (SSSR count). The first-order valence-corrected chi connectivity index (χ1v) is 5.79. The third-order valence-electron chi connectivity index (χ3n) is 2.67. The number of benzene rings is 1. The number of hydrogen-bond acceptors (Lipinski definition) is 3. The summed E-state index contributed by atoms with van der Waals surface area (Å²) >= 11 is 0. The zero-order valence-corrected chi connectivity index (χ0v) is 9.97. The van der Waals surface area contributed by atoms with Gasteiger partial charge in [-0.2, -0.15) is 0 Å². The zero-order chi connectivity index (χ0) is 12.8. The molecule has 1 amide bonds.